The standard InChI is InChI=1S/C20H22O2/c1-15(2)20(22-16(3)21)14-19(17-10-6-4-7-11-17)18-12-8-5-9-13-18/h4-15,20H,1-3H3. The van der Waals surface area contributed by atoms with E-state index in [2.05, 4.69) is 44.2 Å². The van der Waals surface area contributed by atoms with Crippen molar-refractivity contribution >= 4 is 11.5 Å². The van der Waals surface area contributed by atoms with Crippen molar-refractivity contribution in [2.45, 2.75) is 26.9 Å². The van der Waals surface area contributed by atoms with Crippen LogP contribution in [-0.2, 0) is 9.53 Å². The van der Waals surface area contributed by atoms with E-state index in [4.69, 9.17) is 4.74 Å². The van der Waals surface area contributed by atoms with Crippen molar-refractivity contribution in [1.82, 2.24) is 0 Å². The van der Waals surface area contributed by atoms with E-state index in [-0.39, 0.29) is 18.0 Å². The van der Waals surface area contributed by atoms with Gasteiger partial charge in [-0.05, 0) is 28.7 Å². The van der Waals surface area contributed by atoms with E-state index in [9.17, 15) is 4.79 Å². The van der Waals surface area contributed by atoms with Gasteiger partial charge < -0.3 is 4.74 Å². The maximum Gasteiger partial charge on any atom is 0.303 e. The highest BCUT2D eigenvalue weighted by atomic mass is 16.5. The molecule has 0 aliphatic heterocycles. The van der Waals surface area contributed by atoms with Crippen LogP contribution in [0.3, 0.4) is 0 Å². The van der Waals surface area contributed by atoms with Gasteiger partial charge >= 0.3 is 5.97 Å². The second-order valence-electron chi connectivity index (χ2n) is 5.63. The summed E-state index contributed by atoms with van der Waals surface area (Å²) in [6.07, 6.45) is 1.81. The van der Waals surface area contributed by atoms with Gasteiger partial charge in [-0.1, -0.05) is 74.5 Å². The summed E-state index contributed by atoms with van der Waals surface area (Å²) in [5, 5.41) is 0. The first-order valence-electron chi connectivity index (χ1n) is 7.58. The Hall–Kier alpha value is -2.35. The van der Waals surface area contributed by atoms with Gasteiger partial charge in [0.15, 0.2) is 0 Å². The molecule has 0 aromatic heterocycles. The zero-order chi connectivity index (χ0) is 15.9. The number of carbonyl (C=O) groups is 1. The first kappa shape index (κ1) is 16.0. The molecule has 0 saturated heterocycles. The topological polar surface area (TPSA) is 26.3 Å². The summed E-state index contributed by atoms with van der Waals surface area (Å²) in [6.45, 7) is 5.56. The van der Waals surface area contributed by atoms with Crippen LogP contribution in [0.25, 0.3) is 5.57 Å². The average molecular weight is 294 g/mol. The van der Waals surface area contributed by atoms with E-state index in [1.807, 2.05) is 36.4 Å². The highest BCUT2D eigenvalue weighted by molar-refractivity contribution is 5.80. The van der Waals surface area contributed by atoms with Gasteiger partial charge in [0.25, 0.3) is 0 Å². The Morgan fingerprint density at radius 2 is 1.36 bits per heavy atom. The number of hydrogen-bond acceptors (Lipinski definition) is 2. The van der Waals surface area contributed by atoms with Gasteiger partial charge in [0, 0.05) is 6.92 Å². The van der Waals surface area contributed by atoms with Crippen molar-refractivity contribution in [2.24, 2.45) is 5.92 Å². The molecular formula is C20H22O2. The van der Waals surface area contributed by atoms with Gasteiger partial charge in [-0.25, -0.2) is 0 Å². The van der Waals surface area contributed by atoms with Crippen molar-refractivity contribution in [3.05, 3.63) is 77.9 Å². The van der Waals surface area contributed by atoms with Crippen molar-refractivity contribution in [1.29, 1.82) is 0 Å². The highest BCUT2D eigenvalue weighted by Gasteiger charge is 2.16. The fraction of sp³-hybridized carbons (Fsp3) is 0.250. The molecule has 0 spiro atoms. The fourth-order valence-corrected chi connectivity index (χ4v) is 2.31. The Morgan fingerprint density at radius 3 is 1.73 bits per heavy atom. The van der Waals surface area contributed by atoms with Crippen LogP contribution in [0.4, 0.5) is 0 Å². The molecule has 0 heterocycles. The molecule has 0 aliphatic carbocycles. The van der Waals surface area contributed by atoms with Gasteiger partial charge in [0.2, 0.25) is 0 Å². The summed E-state index contributed by atoms with van der Waals surface area (Å²) in [4.78, 5) is 11.4. The van der Waals surface area contributed by atoms with Gasteiger partial charge in [-0.3, -0.25) is 4.79 Å². The van der Waals surface area contributed by atoms with Gasteiger partial charge in [-0.15, -0.1) is 0 Å². The lowest BCUT2D eigenvalue weighted by Gasteiger charge is -2.19. The minimum atomic E-state index is -0.254. The lowest BCUT2D eigenvalue weighted by molar-refractivity contribution is -0.145. The molecule has 0 amide bonds. The SMILES string of the molecule is CC(=O)OC(C=C(c1ccccc1)c1ccccc1)C(C)C. The molecular weight excluding hydrogens is 272 g/mol. The van der Waals surface area contributed by atoms with Crippen LogP contribution in [0.15, 0.2) is 66.7 Å². The number of hydrogen-bond donors (Lipinski definition) is 0. The molecule has 2 aromatic rings. The third-order valence-electron chi connectivity index (χ3n) is 3.46. The minimum absolute atomic E-state index is 0.214. The molecule has 2 heteroatoms. The summed E-state index contributed by atoms with van der Waals surface area (Å²) >= 11 is 0. The smallest absolute Gasteiger partial charge is 0.303 e. The average Bonchev–Trinajstić information content (AvgIpc) is 2.52. The monoisotopic (exact) mass is 294 g/mol. The Balaban J connectivity index is 2.48. The molecule has 0 bridgehead atoms. The van der Waals surface area contributed by atoms with E-state index in [0.29, 0.717) is 0 Å². The van der Waals surface area contributed by atoms with Crippen molar-refractivity contribution in [2.75, 3.05) is 0 Å². The molecule has 0 radical (unpaired) electrons. The summed E-state index contributed by atoms with van der Waals surface area (Å²) in [6, 6.07) is 20.4. The molecule has 2 aromatic carbocycles. The first-order chi connectivity index (χ1) is 10.6. The lowest BCUT2D eigenvalue weighted by atomic mass is 9.94. The molecule has 1 atom stereocenters. The summed E-state index contributed by atoms with van der Waals surface area (Å²) in [7, 11) is 0. The van der Waals surface area contributed by atoms with E-state index < -0.39 is 0 Å². The lowest BCUT2D eigenvalue weighted by Crippen LogP contribution is -2.20. The summed E-state index contributed by atoms with van der Waals surface area (Å²) in [5.74, 6) is -0.0400. The van der Waals surface area contributed by atoms with E-state index in [1.165, 1.54) is 6.92 Å². The fourth-order valence-electron chi connectivity index (χ4n) is 2.31. The van der Waals surface area contributed by atoms with Crippen molar-refractivity contribution < 1.29 is 9.53 Å². The van der Waals surface area contributed by atoms with Crippen LogP contribution in [0.1, 0.15) is 31.9 Å². The van der Waals surface area contributed by atoms with E-state index >= 15 is 0 Å². The first-order valence-corrected chi connectivity index (χ1v) is 7.58. The summed E-state index contributed by atoms with van der Waals surface area (Å²) < 4.78 is 5.47. The quantitative estimate of drug-likeness (QED) is 0.747. The molecule has 0 fully saturated rings. The van der Waals surface area contributed by atoms with Crippen LogP contribution in [0, 0.1) is 5.92 Å². The molecule has 114 valence electrons. The number of ether oxygens (including phenoxy) is 1. The van der Waals surface area contributed by atoms with Gasteiger partial charge in [-0.2, -0.15) is 0 Å². The number of esters is 1. The zero-order valence-corrected chi connectivity index (χ0v) is 13.3. The third-order valence-corrected chi connectivity index (χ3v) is 3.46. The summed E-state index contributed by atoms with van der Waals surface area (Å²) in [5.41, 5.74) is 3.32. The van der Waals surface area contributed by atoms with E-state index in [0.717, 1.165) is 16.7 Å². The second kappa shape index (κ2) is 7.60. The third kappa shape index (κ3) is 4.32. The maximum absolute atomic E-state index is 11.4. The molecule has 22 heavy (non-hydrogen) atoms. The second-order valence-corrected chi connectivity index (χ2v) is 5.63. The normalized spacial score (nSPS) is 11.8. The Morgan fingerprint density at radius 1 is 0.909 bits per heavy atom. The molecule has 1 unspecified atom stereocenters. The van der Waals surface area contributed by atoms with Gasteiger partial charge in [0.1, 0.15) is 6.10 Å². The Kier molecular flexibility index (Phi) is 5.54. The van der Waals surface area contributed by atoms with Crippen LogP contribution in [0.5, 0.6) is 0 Å². The highest BCUT2D eigenvalue weighted by Crippen LogP contribution is 2.25. The van der Waals surface area contributed by atoms with E-state index in [1.54, 1.807) is 0 Å². The minimum Gasteiger partial charge on any atom is -0.458 e. The Labute approximate surface area is 132 Å². The van der Waals surface area contributed by atoms with Gasteiger partial charge in [0.05, 0.1) is 0 Å². The number of benzene rings is 2. The van der Waals surface area contributed by atoms with Crippen LogP contribution in [-0.4, -0.2) is 12.1 Å². The van der Waals surface area contributed by atoms with Crippen LogP contribution in [0.2, 0.25) is 0 Å². The largest absolute Gasteiger partial charge is 0.458 e. The maximum atomic E-state index is 11.4. The van der Waals surface area contributed by atoms with Crippen molar-refractivity contribution in [3.63, 3.8) is 0 Å². The number of carbonyl (C=O) groups excluding carboxylic acids is 1. The molecule has 2 nitrogen and oxygen atoms in total. The van der Waals surface area contributed by atoms with Crippen LogP contribution < -0.4 is 0 Å². The predicted octanol–water partition coefficient (Wildman–Crippen LogP) is 4.71. The van der Waals surface area contributed by atoms with Crippen LogP contribution >= 0.6 is 0 Å². The molecule has 0 N–H and O–H groups in total. The molecule has 0 saturated carbocycles. The Bertz CT molecular complexity index is 586. The molecule has 2 rings (SSSR count). The zero-order valence-electron chi connectivity index (χ0n) is 13.3. The molecule has 0 aliphatic rings. The number of rotatable bonds is 5. The predicted molar refractivity (Wildman–Crippen MR) is 90.4 cm³/mol. The van der Waals surface area contributed by atoms with Crippen molar-refractivity contribution in [3.8, 4) is 0 Å².